The van der Waals surface area contributed by atoms with Gasteiger partial charge in [0.25, 0.3) is 5.56 Å². The molecule has 0 radical (unpaired) electrons. The van der Waals surface area contributed by atoms with Crippen LogP contribution in [0, 0.1) is 11.3 Å². The van der Waals surface area contributed by atoms with Gasteiger partial charge in [-0.15, -0.1) is 0 Å². The van der Waals surface area contributed by atoms with Crippen LogP contribution in [0.15, 0.2) is 35.3 Å². The molecule has 1 aromatic carbocycles. The summed E-state index contributed by atoms with van der Waals surface area (Å²) in [5.41, 5.74) is -1.98. The highest BCUT2D eigenvalue weighted by atomic mass is 35.5. The lowest BCUT2D eigenvalue weighted by atomic mass is 9.90. The Morgan fingerprint density at radius 1 is 1.30 bits per heavy atom. The van der Waals surface area contributed by atoms with E-state index in [0.29, 0.717) is 13.0 Å². The van der Waals surface area contributed by atoms with Gasteiger partial charge >= 0.3 is 6.18 Å². The van der Waals surface area contributed by atoms with Gasteiger partial charge < -0.3 is 4.74 Å². The quantitative estimate of drug-likeness (QED) is 0.775. The molecule has 3 rings (SSSR count). The number of halogens is 4. The third kappa shape index (κ3) is 3.84. The van der Waals surface area contributed by atoms with Gasteiger partial charge in [0.1, 0.15) is 10.9 Å². The number of aromatic nitrogens is 2. The number of hydrogen-bond donors (Lipinski definition) is 0. The molecule has 2 heterocycles. The number of nitriles is 1. The van der Waals surface area contributed by atoms with Crippen molar-refractivity contribution in [2.75, 3.05) is 6.61 Å². The molecule has 1 aliphatic rings. The second-order valence-electron chi connectivity index (χ2n) is 6.13. The van der Waals surface area contributed by atoms with Gasteiger partial charge in [0.2, 0.25) is 0 Å². The summed E-state index contributed by atoms with van der Waals surface area (Å²) in [5, 5.41) is 13.2. The van der Waals surface area contributed by atoms with E-state index in [4.69, 9.17) is 16.3 Å². The molecule has 142 valence electrons. The van der Waals surface area contributed by atoms with Gasteiger partial charge in [-0.25, -0.2) is 0 Å². The fourth-order valence-corrected chi connectivity index (χ4v) is 3.34. The Morgan fingerprint density at radius 2 is 2.04 bits per heavy atom. The van der Waals surface area contributed by atoms with E-state index >= 15 is 0 Å². The first-order valence-corrected chi connectivity index (χ1v) is 8.67. The van der Waals surface area contributed by atoms with Crippen LogP contribution in [0.25, 0.3) is 0 Å². The minimum Gasteiger partial charge on any atom is -0.356 e. The molecule has 2 atom stereocenters. The summed E-state index contributed by atoms with van der Waals surface area (Å²) in [6.45, 7) is 0.484. The molecule has 0 amide bonds. The van der Waals surface area contributed by atoms with Crippen molar-refractivity contribution in [1.29, 1.82) is 5.26 Å². The van der Waals surface area contributed by atoms with Crippen LogP contribution in [0.4, 0.5) is 13.2 Å². The van der Waals surface area contributed by atoms with Crippen LogP contribution < -0.4 is 5.56 Å². The normalized spacial score (nSPS) is 18.7. The fraction of sp³-hybridized carbons (Fsp3) is 0.389. The Balaban J connectivity index is 2.07. The Labute approximate surface area is 157 Å². The molecule has 1 fully saturated rings. The maximum absolute atomic E-state index is 13.3. The first-order valence-electron chi connectivity index (χ1n) is 8.29. The van der Waals surface area contributed by atoms with E-state index in [1.54, 1.807) is 0 Å². The Hall–Kier alpha value is -2.37. The third-order valence-corrected chi connectivity index (χ3v) is 4.80. The van der Waals surface area contributed by atoms with Crippen LogP contribution in [0.3, 0.4) is 0 Å². The minimum absolute atomic E-state index is 0.0621. The van der Waals surface area contributed by atoms with Crippen molar-refractivity contribution in [2.24, 2.45) is 0 Å². The molecule has 1 aliphatic heterocycles. The number of nitrogens with zero attached hydrogens (tertiary/aromatic N) is 3. The van der Waals surface area contributed by atoms with E-state index in [9.17, 15) is 23.2 Å². The molecule has 2 unspecified atom stereocenters. The van der Waals surface area contributed by atoms with Gasteiger partial charge in [0.05, 0.1) is 17.8 Å². The van der Waals surface area contributed by atoms with Gasteiger partial charge in [-0.1, -0.05) is 29.8 Å². The smallest absolute Gasteiger partial charge is 0.356 e. The number of benzene rings is 1. The average molecular weight is 398 g/mol. The van der Waals surface area contributed by atoms with Crippen molar-refractivity contribution >= 4 is 11.6 Å². The zero-order valence-corrected chi connectivity index (χ0v) is 14.8. The van der Waals surface area contributed by atoms with Gasteiger partial charge in [-0.3, -0.25) is 4.79 Å². The van der Waals surface area contributed by atoms with E-state index < -0.39 is 29.4 Å². The monoisotopic (exact) mass is 397 g/mol. The number of rotatable bonds is 3. The van der Waals surface area contributed by atoms with Gasteiger partial charge in [-0.2, -0.15) is 28.2 Å². The summed E-state index contributed by atoms with van der Waals surface area (Å²) in [4.78, 5) is 12.6. The summed E-state index contributed by atoms with van der Waals surface area (Å²) in [5.74, 6) is -1.38. The van der Waals surface area contributed by atoms with Crippen molar-refractivity contribution in [1.82, 2.24) is 9.78 Å². The molecule has 5 nitrogen and oxygen atoms in total. The lowest BCUT2D eigenvalue weighted by molar-refractivity contribution is -0.138. The van der Waals surface area contributed by atoms with Crippen LogP contribution in [0.1, 0.15) is 48.1 Å². The highest BCUT2D eigenvalue weighted by Gasteiger charge is 2.36. The standard InChI is InChI=1S/C18H15ClF3N3O2/c19-16-13(10-24-25(17(16)26)15-7-3-4-8-27-15)12(9-23)11-5-1-2-6-14(11)18(20,21)22/h1-2,5-6,10,12,15H,3-4,7-8H2. The maximum Gasteiger partial charge on any atom is 0.416 e. The number of ether oxygens (including phenoxy) is 1. The zero-order valence-electron chi connectivity index (χ0n) is 14.0. The predicted molar refractivity (Wildman–Crippen MR) is 91.2 cm³/mol. The second kappa shape index (κ2) is 7.71. The molecule has 1 aromatic heterocycles. The average Bonchev–Trinajstić information content (AvgIpc) is 2.66. The Kier molecular flexibility index (Phi) is 5.53. The molecule has 2 aromatic rings. The molecule has 0 bridgehead atoms. The lowest BCUT2D eigenvalue weighted by Gasteiger charge is -2.24. The molecule has 27 heavy (non-hydrogen) atoms. The van der Waals surface area contributed by atoms with E-state index in [1.807, 2.05) is 6.07 Å². The summed E-state index contributed by atoms with van der Waals surface area (Å²) >= 11 is 6.15. The predicted octanol–water partition coefficient (Wildman–Crippen LogP) is 4.27. The molecule has 0 saturated carbocycles. The van der Waals surface area contributed by atoms with Crippen molar-refractivity contribution < 1.29 is 17.9 Å². The molecule has 0 N–H and O–H groups in total. The van der Waals surface area contributed by atoms with Crippen molar-refractivity contribution in [3.63, 3.8) is 0 Å². The fourth-order valence-electron chi connectivity index (χ4n) is 3.09. The van der Waals surface area contributed by atoms with Crippen LogP contribution in [-0.2, 0) is 10.9 Å². The van der Waals surface area contributed by atoms with Crippen molar-refractivity contribution in [3.8, 4) is 6.07 Å². The van der Waals surface area contributed by atoms with Crippen molar-refractivity contribution in [3.05, 3.63) is 62.5 Å². The lowest BCUT2D eigenvalue weighted by Crippen LogP contribution is -2.32. The number of alkyl halides is 3. The van der Waals surface area contributed by atoms with Crippen LogP contribution in [-0.4, -0.2) is 16.4 Å². The van der Waals surface area contributed by atoms with E-state index in [1.165, 1.54) is 24.4 Å². The maximum atomic E-state index is 13.3. The van der Waals surface area contributed by atoms with Crippen LogP contribution >= 0.6 is 11.6 Å². The summed E-state index contributed by atoms with van der Waals surface area (Å²) in [6.07, 6.45) is -1.72. The topological polar surface area (TPSA) is 67.9 Å². The van der Waals surface area contributed by atoms with E-state index in [2.05, 4.69) is 5.10 Å². The minimum atomic E-state index is -4.64. The summed E-state index contributed by atoms with van der Waals surface area (Å²) in [7, 11) is 0. The molecule has 0 aliphatic carbocycles. The van der Waals surface area contributed by atoms with Gasteiger partial charge in [0, 0.05) is 12.2 Å². The van der Waals surface area contributed by atoms with Gasteiger partial charge in [-0.05, 0) is 30.9 Å². The first-order chi connectivity index (χ1) is 12.8. The second-order valence-corrected chi connectivity index (χ2v) is 6.51. The number of hydrogen-bond acceptors (Lipinski definition) is 4. The Morgan fingerprint density at radius 3 is 2.67 bits per heavy atom. The van der Waals surface area contributed by atoms with Crippen LogP contribution in [0.2, 0.25) is 5.02 Å². The van der Waals surface area contributed by atoms with E-state index in [0.717, 1.165) is 23.6 Å². The molecule has 0 spiro atoms. The molecule has 9 heteroatoms. The van der Waals surface area contributed by atoms with Crippen molar-refractivity contribution in [2.45, 2.75) is 37.6 Å². The zero-order chi connectivity index (χ0) is 19.6. The molecular weight excluding hydrogens is 383 g/mol. The highest BCUT2D eigenvalue weighted by molar-refractivity contribution is 6.31. The molecule has 1 saturated heterocycles. The summed E-state index contributed by atoms with van der Waals surface area (Å²) < 4.78 is 46.5. The van der Waals surface area contributed by atoms with Crippen LogP contribution in [0.5, 0.6) is 0 Å². The largest absolute Gasteiger partial charge is 0.416 e. The van der Waals surface area contributed by atoms with E-state index in [-0.39, 0.29) is 16.1 Å². The first kappa shape index (κ1) is 19.4. The summed E-state index contributed by atoms with van der Waals surface area (Å²) in [6, 6.07) is 6.53. The van der Waals surface area contributed by atoms with Gasteiger partial charge in [0.15, 0.2) is 6.23 Å². The Bertz CT molecular complexity index is 931. The third-order valence-electron chi connectivity index (χ3n) is 4.42. The SMILES string of the molecule is N#CC(c1ccccc1C(F)(F)F)c1cnn(C2CCCCO2)c(=O)c1Cl. The highest BCUT2D eigenvalue weighted by Crippen LogP contribution is 2.38. The molecular formula is C18H15ClF3N3O2.